The van der Waals surface area contributed by atoms with Crippen LogP contribution in [-0.4, -0.2) is 68.0 Å². The molecular weight excluding hydrogens is 459 g/mol. The third kappa shape index (κ3) is 5.94. The maximum absolute atomic E-state index is 13.0. The smallest absolute Gasteiger partial charge is 0.272 e. The van der Waals surface area contributed by atoms with Gasteiger partial charge in [-0.2, -0.15) is 4.98 Å². The zero-order chi connectivity index (χ0) is 25.9. The van der Waals surface area contributed by atoms with Gasteiger partial charge in [-0.3, -0.25) is 9.59 Å². The number of carbonyl (C=O) groups is 2. The van der Waals surface area contributed by atoms with E-state index >= 15 is 0 Å². The van der Waals surface area contributed by atoms with Crippen LogP contribution in [0.2, 0.25) is 0 Å². The molecule has 1 fully saturated rings. The van der Waals surface area contributed by atoms with Gasteiger partial charge in [0.15, 0.2) is 23.1 Å². The summed E-state index contributed by atoms with van der Waals surface area (Å²) in [5.74, 6) is 0.896. The summed E-state index contributed by atoms with van der Waals surface area (Å²) < 4.78 is 11.1. The predicted molar refractivity (Wildman–Crippen MR) is 143 cm³/mol. The molecule has 14 heteroatoms. The molecule has 2 heterocycles. The molecule has 11 nitrogen and oxygen atoms in total. The Bertz CT molecular complexity index is 1310. The number of ether oxygens (including phenoxy) is 1. The number of carbonyl (C=O) groups excluding carboxylic acids is 2. The number of nitrogens with zero attached hydrogens (tertiary/aromatic N) is 4. The van der Waals surface area contributed by atoms with Crippen LogP contribution in [0.5, 0.6) is 5.75 Å². The first-order chi connectivity index (χ1) is 17.2. The molecule has 1 aromatic carbocycles. The fraction of sp³-hybridized carbons (Fsp3) is 0.273. The molecule has 0 bridgehead atoms. The number of nitrogens with one attached hydrogen (secondary N) is 3. The summed E-state index contributed by atoms with van der Waals surface area (Å²) in [5, 5.41) is 20.5. The third-order valence-electron chi connectivity index (χ3n) is 5.21. The molecule has 1 aliphatic carbocycles. The number of hydrogen-bond donors (Lipinski definition) is 3. The summed E-state index contributed by atoms with van der Waals surface area (Å²) in [7, 11) is 7.12. The van der Waals surface area contributed by atoms with Crippen LogP contribution >= 0.6 is 0 Å². The van der Waals surface area contributed by atoms with Gasteiger partial charge in [-0.15, -0.1) is 16.8 Å². The lowest BCUT2D eigenvalue weighted by atomic mass is 9.49. The Kier molecular flexibility index (Phi) is 7.13. The maximum Gasteiger partial charge on any atom is 0.272 e. The van der Waals surface area contributed by atoms with Crippen molar-refractivity contribution < 1.29 is 18.8 Å². The van der Waals surface area contributed by atoms with Crippen LogP contribution in [0.4, 0.5) is 17.2 Å². The van der Waals surface area contributed by atoms with E-state index in [0.717, 1.165) is 12.8 Å². The largest absolute Gasteiger partial charge is 0.494 e. The molecule has 1 saturated carbocycles. The standard InChI is InChI=1S/C22H26B3N7O4/c1-3-5-15-28-21(36-32-15)12-6-4-7-13(18(12)35-2)26-14-10-16(27-19(33)11-8-9-11)30-31-17(14)20(34)29-22(23,24)25/h3-4,6-7,10-11H,1,5,8-9,23-25H2,2H3,(H,29,34)(H2,26,27,30,33). The van der Waals surface area contributed by atoms with E-state index in [1.54, 1.807) is 30.3 Å². The van der Waals surface area contributed by atoms with Crippen molar-refractivity contribution in [2.24, 2.45) is 5.92 Å². The summed E-state index contributed by atoms with van der Waals surface area (Å²) in [6.45, 7) is 3.69. The molecule has 0 radical (unpaired) electrons. The fourth-order valence-corrected chi connectivity index (χ4v) is 3.43. The van der Waals surface area contributed by atoms with Gasteiger partial charge in [-0.25, -0.2) is 0 Å². The van der Waals surface area contributed by atoms with Crippen LogP contribution < -0.4 is 20.7 Å². The van der Waals surface area contributed by atoms with E-state index in [1.807, 2.05) is 23.5 Å². The van der Waals surface area contributed by atoms with E-state index in [0.29, 0.717) is 34.9 Å². The normalized spacial score (nSPS) is 13.0. The lowest BCUT2D eigenvalue weighted by Gasteiger charge is -2.21. The van der Waals surface area contributed by atoms with Crippen LogP contribution in [-0.2, 0) is 11.2 Å². The Labute approximate surface area is 211 Å². The van der Waals surface area contributed by atoms with E-state index in [4.69, 9.17) is 9.26 Å². The molecule has 2 amide bonds. The number of para-hydroxylation sites is 1. The van der Waals surface area contributed by atoms with Crippen molar-refractivity contribution in [1.29, 1.82) is 0 Å². The SMILES string of the molecule is BC(B)(B)NC(=O)c1nnc(NC(=O)C2CC2)cc1Nc1cccc(-c2nc(CC=C)no2)c1OC. The highest BCUT2D eigenvalue weighted by molar-refractivity contribution is 6.60. The minimum Gasteiger partial charge on any atom is -0.494 e. The highest BCUT2D eigenvalue weighted by Gasteiger charge is 2.30. The van der Waals surface area contributed by atoms with E-state index in [-0.39, 0.29) is 29.2 Å². The predicted octanol–water partition coefficient (Wildman–Crippen LogP) is -0.404. The molecule has 0 atom stereocenters. The summed E-state index contributed by atoms with van der Waals surface area (Å²) in [6.07, 6.45) is 3.85. The number of anilines is 3. The molecule has 1 aliphatic rings. The van der Waals surface area contributed by atoms with Gasteiger partial charge >= 0.3 is 0 Å². The quantitative estimate of drug-likeness (QED) is 0.258. The van der Waals surface area contributed by atoms with Crippen molar-refractivity contribution in [3.8, 4) is 17.2 Å². The number of aromatic nitrogens is 4. The number of rotatable bonds is 10. The van der Waals surface area contributed by atoms with Crippen molar-refractivity contribution in [3.05, 3.63) is 48.4 Å². The van der Waals surface area contributed by atoms with Gasteiger partial charge in [-0.05, 0) is 30.2 Å². The first-order valence-electron chi connectivity index (χ1n) is 11.6. The molecule has 4 rings (SSSR count). The second-order valence-corrected chi connectivity index (χ2v) is 9.48. The molecule has 0 saturated heterocycles. The maximum atomic E-state index is 13.0. The van der Waals surface area contributed by atoms with Crippen molar-refractivity contribution in [2.75, 3.05) is 17.7 Å². The Morgan fingerprint density at radius 3 is 2.69 bits per heavy atom. The van der Waals surface area contributed by atoms with Gasteiger partial charge in [-0.1, -0.05) is 17.3 Å². The molecule has 0 spiro atoms. The zero-order valence-corrected chi connectivity index (χ0v) is 20.7. The van der Waals surface area contributed by atoms with Crippen LogP contribution in [0, 0.1) is 5.92 Å². The highest BCUT2D eigenvalue weighted by atomic mass is 16.5. The minimum absolute atomic E-state index is 0.00997. The van der Waals surface area contributed by atoms with Crippen LogP contribution in [0.15, 0.2) is 41.4 Å². The third-order valence-corrected chi connectivity index (χ3v) is 5.21. The summed E-state index contributed by atoms with van der Waals surface area (Å²) >= 11 is 0. The second kappa shape index (κ2) is 10.3. The lowest BCUT2D eigenvalue weighted by Crippen LogP contribution is -2.50. The van der Waals surface area contributed by atoms with E-state index in [2.05, 4.69) is 42.9 Å². The van der Waals surface area contributed by atoms with Gasteiger partial charge in [0.1, 0.15) is 23.5 Å². The monoisotopic (exact) mass is 485 g/mol. The Morgan fingerprint density at radius 2 is 2.03 bits per heavy atom. The van der Waals surface area contributed by atoms with Crippen LogP contribution in [0.1, 0.15) is 29.2 Å². The first kappa shape index (κ1) is 25.0. The Balaban J connectivity index is 1.71. The molecule has 2 aromatic heterocycles. The van der Waals surface area contributed by atoms with Gasteiger partial charge in [0.25, 0.3) is 11.8 Å². The minimum atomic E-state index is -0.492. The highest BCUT2D eigenvalue weighted by Crippen LogP contribution is 2.38. The molecule has 182 valence electrons. The van der Waals surface area contributed by atoms with Crippen LogP contribution in [0.3, 0.4) is 0 Å². The number of amides is 2. The fourth-order valence-electron chi connectivity index (χ4n) is 3.43. The van der Waals surface area contributed by atoms with Gasteiger partial charge in [0.2, 0.25) is 5.91 Å². The second-order valence-electron chi connectivity index (χ2n) is 9.48. The van der Waals surface area contributed by atoms with Crippen molar-refractivity contribution >= 4 is 52.5 Å². The van der Waals surface area contributed by atoms with Crippen molar-refractivity contribution in [1.82, 2.24) is 25.7 Å². The molecule has 0 aliphatic heterocycles. The Hall–Kier alpha value is -4.09. The molecule has 36 heavy (non-hydrogen) atoms. The van der Waals surface area contributed by atoms with E-state index < -0.39 is 11.1 Å². The van der Waals surface area contributed by atoms with Gasteiger partial charge < -0.3 is 25.2 Å². The number of benzene rings is 1. The summed E-state index contributed by atoms with van der Waals surface area (Å²) in [6, 6.07) is 6.93. The van der Waals surface area contributed by atoms with E-state index in [9.17, 15) is 9.59 Å². The number of allylic oxidation sites excluding steroid dienone is 1. The lowest BCUT2D eigenvalue weighted by molar-refractivity contribution is -0.117. The number of methoxy groups -OCH3 is 1. The average Bonchev–Trinajstić information content (AvgIpc) is 3.57. The van der Waals surface area contributed by atoms with Crippen molar-refractivity contribution in [3.63, 3.8) is 0 Å². The Morgan fingerprint density at radius 1 is 1.25 bits per heavy atom. The summed E-state index contributed by atoms with van der Waals surface area (Å²) in [4.78, 5) is 29.7. The molecule has 3 aromatic rings. The molecule has 3 N–H and O–H groups in total. The topological polar surface area (TPSA) is 144 Å². The number of hydrogen-bond acceptors (Lipinski definition) is 9. The molecular formula is C22H26B3N7O4. The summed E-state index contributed by atoms with van der Waals surface area (Å²) in [5.41, 5.74) is 1.49. The van der Waals surface area contributed by atoms with Gasteiger partial charge in [0, 0.05) is 18.4 Å². The molecule has 0 unspecified atom stereocenters. The first-order valence-corrected chi connectivity index (χ1v) is 11.6. The van der Waals surface area contributed by atoms with Crippen LogP contribution in [0.25, 0.3) is 11.5 Å². The van der Waals surface area contributed by atoms with Gasteiger partial charge in [0.05, 0.1) is 24.0 Å². The average molecular weight is 485 g/mol. The van der Waals surface area contributed by atoms with E-state index in [1.165, 1.54) is 7.11 Å². The van der Waals surface area contributed by atoms with Crippen molar-refractivity contribution in [2.45, 2.75) is 24.5 Å². The zero-order valence-electron chi connectivity index (χ0n) is 20.7.